The topological polar surface area (TPSA) is 75.3 Å². The van der Waals surface area contributed by atoms with Gasteiger partial charge in [-0.15, -0.1) is 0 Å². The van der Waals surface area contributed by atoms with E-state index in [2.05, 4.69) is 10.0 Å². The number of carbonyl (C=O) groups excluding carboxylic acids is 1. The van der Waals surface area contributed by atoms with Gasteiger partial charge in [-0.1, -0.05) is 43.7 Å². The first kappa shape index (κ1) is 19.9. The van der Waals surface area contributed by atoms with Gasteiger partial charge in [0.25, 0.3) is 5.91 Å². The van der Waals surface area contributed by atoms with Crippen LogP contribution in [0.3, 0.4) is 0 Å². The van der Waals surface area contributed by atoms with Gasteiger partial charge in [-0.2, -0.15) is 0 Å². The number of sulfonamides is 1. The highest BCUT2D eigenvalue weighted by atomic mass is 32.2. The molecule has 0 aliphatic rings. The highest BCUT2D eigenvalue weighted by Crippen LogP contribution is 2.15. The molecule has 0 aliphatic heterocycles. The zero-order chi connectivity index (χ0) is 19.0. The lowest BCUT2D eigenvalue weighted by molar-refractivity contribution is -0.112. The maximum absolute atomic E-state index is 12.3. The fourth-order valence-corrected chi connectivity index (χ4v) is 3.35. The first-order valence-electron chi connectivity index (χ1n) is 8.57. The van der Waals surface area contributed by atoms with Crippen LogP contribution < -0.4 is 10.0 Å². The number of benzene rings is 2. The van der Waals surface area contributed by atoms with Crippen LogP contribution in [-0.2, 0) is 14.8 Å². The molecule has 0 heterocycles. The van der Waals surface area contributed by atoms with Gasteiger partial charge in [-0.25, -0.2) is 13.1 Å². The smallest absolute Gasteiger partial charge is 0.251 e. The van der Waals surface area contributed by atoms with Crippen LogP contribution in [0.4, 0.5) is 5.69 Å². The third-order valence-corrected chi connectivity index (χ3v) is 5.26. The van der Waals surface area contributed by atoms with E-state index in [4.69, 9.17) is 0 Å². The Labute approximate surface area is 155 Å². The Morgan fingerprint density at radius 2 is 1.69 bits per heavy atom. The highest BCUT2D eigenvalue weighted by molar-refractivity contribution is 7.89. The zero-order valence-electron chi connectivity index (χ0n) is 15.0. The minimum Gasteiger partial charge on any atom is -0.322 e. The van der Waals surface area contributed by atoms with Crippen molar-refractivity contribution >= 4 is 27.7 Å². The molecule has 138 valence electrons. The minimum atomic E-state index is -3.51. The quantitative estimate of drug-likeness (QED) is 0.546. The monoisotopic (exact) mass is 372 g/mol. The van der Waals surface area contributed by atoms with Crippen LogP contribution in [0.25, 0.3) is 6.08 Å². The molecule has 2 aromatic rings. The minimum absolute atomic E-state index is 0.183. The molecule has 0 fully saturated rings. The Bertz CT molecular complexity index is 858. The molecule has 0 aromatic heterocycles. The maximum atomic E-state index is 12.3. The number of hydrogen-bond acceptors (Lipinski definition) is 3. The number of rotatable bonds is 8. The molecule has 0 radical (unpaired) electrons. The number of nitrogens with one attached hydrogen (secondary N) is 2. The molecule has 5 nitrogen and oxygen atoms in total. The standard InChI is InChI=1S/C20H24N2O3S/c1-3-4-14-21-26(24,25)19-12-10-18(11-13-19)22-20(23)16(2)15-17-8-6-5-7-9-17/h5-13,15,21H,3-4,14H2,1-2H3,(H,22,23)/b16-15+. The van der Waals surface area contributed by atoms with Gasteiger partial charge in [0.1, 0.15) is 0 Å². The van der Waals surface area contributed by atoms with Crippen LogP contribution in [0.15, 0.2) is 65.1 Å². The van der Waals surface area contributed by atoms with Gasteiger partial charge < -0.3 is 5.32 Å². The van der Waals surface area contributed by atoms with Crippen LogP contribution in [-0.4, -0.2) is 20.9 Å². The molecular weight excluding hydrogens is 348 g/mol. The lowest BCUT2D eigenvalue weighted by Crippen LogP contribution is -2.24. The van der Waals surface area contributed by atoms with Crippen LogP contribution in [0.1, 0.15) is 32.3 Å². The van der Waals surface area contributed by atoms with E-state index in [9.17, 15) is 13.2 Å². The van der Waals surface area contributed by atoms with Crippen molar-refractivity contribution < 1.29 is 13.2 Å². The SMILES string of the molecule is CCCCNS(=O)(=O)c1ccc(NC(=O)/C(C)=C/c2ccccc2)cc1. The summed E-state index contributed by atoms with van der Waals surface area (Å²) in [6, 6.07) is 15.7. The van der Waals surface area contributed by atoms with E-state index in [-0.39, 0.29) is 10.8 Å². The van der Waals surface area contributed by atoms with Crippen molar-refractivity contribution in [3.8, 4) is 0 Å². The van der Waals surface area contributed by atoms with Gasteiger partial charge in [-0.05, 0) is 49.2 Å². The summed E-state index contributed by atoms with van der Waals surface area (Å²) in [6.45, 7) is 4.15. The summed E-state index contributed by atoms with van der Waals surface area (Å²) in [6.07, 6.45) is 3.51. The molecule has 0 atom stereocenters. The molecule has 0 spiro atoms. The van der Waals surface area contributed by atoms with E-state index in [0.717, 1.165) is 18.4 Å². The van der Waals surface area contributed by atoms with E-state index >= 15 is 0 Å². The summed E-state index contributed by atoms with van der Waals surface area (Å²) in [7, 11) is -3.51. The predicted octanol–water partition coefficient (Wildman–Crippen LogP) is 3.81. The Kier molecular flexibility index (Phi) is 7.12. The average Bonchev–Trinajstić information content (AvgIpc) is 2.63. The van der Waals surface area contributed by atoms with Crippen LogP contribution in [0.5, 0.6) is 0 Å². The summed E-state index contributed by atoms with van der Waals surface area (Å²) < 4.78 is 26.8. The second kappa shape index (κ2) is 9.31. The van der Waals surface area contributed by atoms with E-state index < -0.39 is 10.0 Å². The second-order valence-corrected chi connectivity index (χ2v) is 7.73. The molecular formula is C20H24N2O3S. The van der Waals surface area contributed by atoms with E-state index in [1.807, 2.05) is 37.3 Å². The largest absolute Gasteiger partial charge is 0.322 e. The summed E-state index contributed by atoms with van der Waals surface area (Å²) in [5.74, 6) is -0.231. The number of amides is 1. The van der Waals surface area contributed by atoms with E-state index in [1.54, 1.807) is 25.1 Å². The van der Waals surface area contributed by atoms with E-state index in [1.165, 1.54) is 12.1 Å². The predicted molar refractivity (Wildman–Crippen MR) is 105 cm³/mol. The van der Waals surface area contributed by atoms with Crippen LogP contribution >= 0.6 is 0 Å². The third kappa shape index (κ3) is 5.82. The molecule has 0 bridgehead atoms. The average molecular weight is 372 g/mol. The van der Waals surface area contributed by atoms with Crippen LogP contribution in [0.2, 0.25) is 0 Å². The number of hydrogen-bond donors (Lipinski definition) is 2. The normalized spacial score (nSPS) is 12.0. The molecule has 2 aromatic carbocycles. The Balaban J connectivity index is 2.02. The Morgan fingerprint density at radius 1 is 1.04 bits per heavy atom. The second-order valence-electron chi connectivity index (χ2n) is 5.97. The molecule has 0 aliphatic carbocycles. The van der Waals surface area contributed by atoms with Gasteiger partial charge in [0, 0.05) is 17.8 Å². The molecule has 0 saturated carbocycles. The van der Waals surface area contributed by atoms with Crippen molar-refractivity contribution in [2.75, 3.05) is 11.9 Å². The summed E-state index contributed by atoms with van der Waals surface area (Å²) in [5, 5.41) is 2.77. The van der Waals surface area contributed by atoms with Gasteiger partial charge in [-0.3, -0.25) is 4.79 Å². The van der Waals surface area contributed by atoms with Crippen molar-refractivity contribution in [3.63, 3.8) is 0 Å². The third-order valence-electron chi connectivity index (χ3n) is 3.79. The number of carbonyl (C=O) groups is 1. The van der Waals surface area contributed by atoms with Crippen molar-refractivity contribution in [1.82, 2.24) is 4.72 Å². The van der Waals surface area contributed by atoms with Gasteiger partial charge in [0.2, 0.25) is 10.0 Å². The Morgan fingerprint density at radius 3 is 2.31 bits per heavy atom. The number of anilines is 1. The van der Waals surface area contributed by atoms with Crippen molar-refractivity contribution in [1.29, 1.82) is 0 Å². The maximum Gasteiger partial charge on any atom is 0.251 e. The molecule has 6 heteroatoms. The van der Waals surface area contributed by atoms with E-state index in [0.29, 0.717) is 17.8 Å². The summed E-state index contributed by atoms with van der Waals surface area (Å²) in [4.78, 5) is 12.4. The van der Waals surface area contributed by atoms with Gasteiger partial charge >= 0.3 is 0 Å². The van der Waals surface area contributed by atoms with Crippen molar-refractivity contribution in [2.24, 2.45) is 0 Å². The lowest BCUT2D eigenvalue weighted by atomic mass is 10.1. The lowest BCUT2D eigenvalue weighted by Gasteiger charge is -2.09. The van der Waals surface area contributed by atoms with Gasteiger partial charge in [0.15, 0.2) is 0 Å². The first-order valence-corrected chi connectivity index (χ1v) is 10.0. The first-order chi connectivity index (χ1) is 12.4. The fourth-order valence-electron chi connectivity index (χ4n) is 2.28. The van der Waals surface area contributed by atoms with Crippen molar-refractivity contribution in [2.45, 2.75) is 31.6 Å². The highest BCUT2D eigenvalue weighted by Gasteiger charge is 2.13. The Hall–Kier alpha value is -2.44. The number of unbranched alkanes of at least 4 members (excludes halogenated alkanes) is 1. The van der Waals surface area contributed by atoms with Gasteiger partial charge in [0.05, 0.1) is 4.90 Å². The molecule has 26 heavy (non-hydrogen) atoms. The summed E-state index contributed by atoms with van der Waals surface area (Å²) >= 11 is 0. The fraction of sp³-hybridized carbons (Fsp3) is 0.250. The molecule has 2 N–H and O–H groups in total. The van der Waals surface area contributed by atoms with Crippen molar-refractivity contribution in [3.05, 3.63) is 65.7 Å². The summed E-state index contributed by atoms with van der Waals surface area (Å²) in [5.41, 5.74) is 2.05. The van der Waals surface area contributed by atoms with Crippen LogP contribution in [0, 0.1) is 0 Å². The zero-order valence-corrected chi connectivity index (χ0v) is 15.8. The molecule has 1 amide bonds. The molecule has 0 unspecified atom stereocenters. The molecule has 0 saturated heterocycles. The molecule has 2 rings (SSSR count).